The molecular weight excluding hydrogens is 266 g/mol. The van der Waals surface area contributed by atoms with Crippen molar-refractivity contribution in [2.24, 2.45) is 11.8 Å². The van der Waals surface area contributed by atoms with E-state index in [4.69, 9.17) is 4.42 Å². The molecule has 0 aliphatic carbocycles. The van der Waals surface area contributed by atoms with Crippen molar-refractivity contribution in [2.75, 3.05) is 13.1 Å². The van der Waals surface area contributed by atoms with Crippen molar-refractivity contribution in [3.8, 4) is 0 Å². The van der Waals surface area contributed by atoms with E-state index in [1.165, 1.54) is 6.26 Å². The van der Waals surface area contributed by atoms with Crippen molar-refractivity contribution in [3.05, 3.63) is 46.5 Å². The van der Waals surface area contributed by atoms with E-state index in [2.05, 4.69) is 13.8 Å². The standard InChI is InChI=1S/C17H19NO3/c1-11-7-12(2)9-18(8-11)16(19)15-10-21-17(20)14-6-4-3-5-13(14)15/h3-6,10-12H,7-9H2,1-2H3/t11-,12+. The van der Waals surface area contributed by atoms with Crippen LogP contribution in [-0.2, 0) is 0 Å². The van der Waals surface area contributed by atoms with Gasteiger partial charge in [0.2, 0.25) is 0 Å². The third kappa shape index (κ3) is 2.58. The van der Waals surface area contributed by atoms with Gasteiger partial charge in [0.1, 0.15) is 6.26 Å². The summed E-state index contributed by atoms with van der Waals surface area (Å²) < 4.78 is 5.03. The molecule has 4 nitrogen and oxygen atoms in total. The first-order valence-electron chi connectivity index (χ1n) is 7.36. The van der Waals surface area contributed by atoms with Gasteiger partial charge in [0, 0.05) is 18.5 Å². The molecule has 1 aromatic heterocycles. The summed E-state index contributed by atoms with van der Waals surface area (Å²) in [6.45, 7) is 5.85. The van der Waals surface area contributed by atoms with Crippen LogP contribution in [0.3, 0.4) is 0 Å². The van der Waals surface area contributed by atoms with Gasteiger partial charge in [-0.05, 0) is 24.3 Å². The molecule has 2 heterocycles. The van der Waals surface area contributed by atoms with E-state index < -0.39 is 5.63 Å². The van der Waals surface area contributed by atoms with Crippen LogP contribution in [-0.4, -0.2) is 23.9 Å². The lowest BCUT2D eigenvalue weighted by molar-refractivity contribution is 0.0622. The number of carbonyl (C=O) groups is 1. The molecule has 21 heavy (non-hydrogen) atoms. The van der Waals surface area contributed by atoms with E-state index in [9.17, 15) is 9.59 Å². The van der Waals surface area contributed by atoms with E-state index in [-0.39, 0.29) is 5.91 Å². The fourth-order valence-corrected chi connectivity index (χ4v) is 3.30. The summed E-state index contributed by atoms with van der Waals surface area (Å²) in [6.07, 6.45) is 2.45. The number of benzene rings is 1. The minimum Gasteiger partial charge on any atom is -0.430 e. The van der Waals surface area contributed by atoms with Gasteiger partial charge < -0.3 is 9.32 Å². The average Bonchev–Trinajstić information content (AvgIpc) is 2.46. The minimum absolute atomic E-state index is 0.0478. The van der Waals surface area contributed by atoms with E-state index in [1.54, 1.807) is 18.2 Å². The maximum absolute atomic E-state index is 12.8. The van der Waals surface area contributed by atoms with Gasteiger partial charge in [-0.25, -0.2) is 4.79 Å². The number of hydrogen-bond donors (Lipinski definition) is 0. The van der Waals surface area contributed by atoms with Crippen molar-refractivity contribution in [2.45, 2.75) is 20.3 Å². The lowest BCUT2D eigenvalue weighted by atomic mass is 9.91. The smallest absolute Gasteiger partial charge is 0.343 e. The van der Waals surface area contributed by atoms with Crippen molar-refractivity contribution in [3.63, 3.8) is 0 Å². The molecule has 0 unspecified atom stereocenters. The monoisotopic (exact) mass is 285 g/mol. The highest BCUT2D eigenvalue weighted by Crippen LogP contribution is 2.24. The normalized spacial score (nSPS) is 22.5. The second kappa shape index (κ2) is 5.35. The van der Waals surface area contributed by atoms with Crippen molar-refractivity contribution in [1.29, 1.82) is 0 Å². The predicted molar refractivity (Wildman–Crippen MR) is 81.3 cm³/mol. The fourth-order valence-electron chi connectivity index (χ4n) is 3.30. The van der Waals surface area contributed by atoms with Crippen LogP contribution < -0.4 is 5.63 Å². The second-order valence-electron chi connectivity index (χ2n) is 6.14. The Bertz CT molecular complexity index is 724. The van der Waals surface area contributed by atoms with Crippen molar-refractivity contribution >= 4 is 16.7 Å². The molecule has 1 saturated heterocycles. The van der Waals surface area contributed by atoms with Gasteiger partial charge in [-0.1, -0.05) is 32.0 Å². The molecule has 1 amide bonds. The molecule has 1 fully saturated rings. The number of piperidine rings is 1. The number of likely N-dealkylation sites (tertiary alicyclic amines) is 1. The van der Waals surface area contributed by atoms with E-state index in [0.717, 1.165) is 19.5 Å². The van der Waals surface area contributed by atoms with Crippen LogP contribution in [0.5, 0.6) is 0 Å². The molecule has 3 rings (SSSR count). The molecule has 2 aromatic rings. The molecule has 0 N–H and O–H groups in total. The quantitative estimate of drug-likeness (QED) is 0.809. The Morgan fingerprint density at radius 2 is 1.76 bits per heavy atom. The van der Waals surface area contributed by atoms with Crippen LogP contribution >= 0.6 is 0 Å². The number of hydrogen-bond acceptors (Lipinski definition) is 3. The molecule has 0 spiro atoms. The predicted octanol–water partition coefficient (Wildman–Crippen LogP) is 2.91. The molecule has 0 saturated carbocycles. The van der Waals surface area contributed by atoms with Crippen molar-refractivity contribution in [1.82, 2.24) is 4.90 Å². The fraction of sp³-hybridized carbons (Fsp3) is 0.412. The highest BCUT2D eigenvalue weighted by atomic mass is 16.4. The van der Waals surface area contributed by atoms with Crippen LogP contribution in [0.1, 0.15) is 30.6 Å². The van der Waals surface area contributed by atoms with E-state index in [0.29, 0.717) is 28.2 Å². The topological polar surface area (TPSA) is 50.5 Å². The molecule has 110 valence electrons. The molecule has 0 radical (unpaired) electrons. The van der Waals surface area contributed by atoms with Crippen LogP contribution in [0, 0.1) is 11.8 Å². The Balaban J connectivity index is 2.02. The van der Waals surface area contributed by atoms with E-state index in [1.807, 2.05) is 11.0 Å². The summed E-state index contributed by atoms with van der Waals surface area (Å²) in [7, 11) is 0. The van der Waals surface area contributed by atoms with Crippen LogP contribution in [0.15, 0.2) is 39.7 Å². The molecule has 1 aliphatic rings. The van der Waals surface area contributed by atoms with Gasteiger partial charge in [0.05, 0.1) is 10.9 Å². The Labute approximate surface area is 123 Å². The largest absolute Gasteiger partial charge is 0.430 e. The first kappa shape index (κ1) is 13.9. The summed E-state index contributed by atoms with van der Waals surface area (Å²) in [5.74, 6) is 0.952. The summed E-state index contributed by atoms with van der Waals surface area (Å²) in [5.41, 5.74) is 0.0778. The summed E-state index contributed by atoms with van der Waals surface area (Å²) in [6, 6.07) is 7.11. The molecule has 2 atom stereocenters. The lowest BCUT2D eigenvalue weighted by Gasteiger charge is -2.35. The van der Waals surface area contributed by atoms with Crippen molar-refractivity contribution < 1.29 is 9.21 Å². The third-order valence-electron chi connectivity index (χ3n) is 4.11. The van der Waals surface area contributed by atoms with Gasteiger partial charge in [0.25, 0.3) is 5.91 Å². The third-order valence-corrected chi connectivity index (χ3v) is 4.11. The van der Waals surface area contributed by atoms with Gasteiger partial charge in [-0.3, -0.25) is 4.79 Å². The Morgan fingerprint density at radius 1 is 1.14 bits per heavy atom. The molecule has 4 heteroatoms. The number of nitrogens with zero attached hydrogens (tertiary/aromatic N) is 1. The van der Waals surface area contributed by atoms with Gasteiger partial charge >= 0.3 is 5.63 Å². The van der Waals surface area contributed by atoms with Crippen LogP contribution in [0.25, 0.3) is 10.8 Å². The Hall–Kier alpha value is -2.10. The number of fused-ring (bicyclic) bond motifs is 1. The number of carbonyl (C=O) groups excluding carboxylic acids is 1. The minimum atomic E-state index is -0.400. The van der Waals surface area contributed by atoms with Crippen LogP contribution in [0.4, 0.5) is 0 Å². The summed E-state index contributed by atoms with van der Waals surface area (Å²) >= 11 is 0. The lowest BCUT2D eigenvalue weighted by Crippen LogP contribution is -2.42. The second-order valence-corrected chi connectivity index (χ2v) is 6.14. The first-order valence-corrected chi connectivity index (χ1v) is 7.36. The molecule has 1 aromatic carbocycles. The van der Waals surface area contributed by atoms with Gasteiger partial charge in [-0.2, -0.15) is 0 Å². The maximum Gasteiger partial charge on any atom is 0.343 e. The maximum atomic E-state index is 12.8. The molecule has 1 aliphatic heterocycles. The first-order chi connectivity index (χ1) is 10.1. The Morgan fingerprint density at radius 3 is 2.43 bits per heavy atom. The summed E-state index contributed by atoms with van der Waals surface area (Å²) in [4.78, 5) is 26.4. The average molecular weight is 285 g/mol. The van der Waals surface area contributed by atoms with Crippen LogP contribution in [0.2, 0.25) is 0 Å². The van der Waals surface area contributed by atoms with Gasteiger partial charge in [0.15, 0.2) is 0 Å². The zero-order valence-corrected chi connectivity index (χ0v) is 12.3. The Kier molecular flexibility index (Phi) is 3.53. The highest BCUT2D eigenvalue weighted by molar-refractivity contribution is 6.06. The molecular formula is C17H19NO3. The highest BCUT2D eigenvalue weighted by Gasteiger charge is 2.27. The number of amides is 1. The zero-order chi connectivity index (χ0) is 15.0. The summed E-state index contributed by atoms with van der Waals surface area (Å²) in [5, 5.41) is 1.13. The zero-order valence-electron chi connectivity index (χ0n) is 12.3. The SMILES string of the molecule is C[C@@H]1C[C@H](C)CN(C(=O)c2coc(=O)c3ccccc23)C1. The number of rotatable bonds is 1. The van der Waals surface area contributed by atoms with E-state index >= 15 is 0 Å². The molecule has 0 bridgehead atoms. The van der Waals surface area contributed by atoms with Gasteiger partial charge in [-0.15, -0.1) is 0 Å².